The van der Waals surface area contributed by atoms with Gasteiger partial charge in [-0.1, -0.05) is 18.2 Å². The lowest BCUT2D eigenvalue weighted by atomic mass is 10.2. The van der Waals surface area contributed by atoms with Gasteiger partial charge in [0.2, 0.25) is 5.91 Å². The minimum Gasteiger partial charge on any atom is -0.434 e. The van der Waals surface area contributed by atoms with Crippen LogP contribution in [0.25, 0.3) is 0 Å². The fourth-order valence-electron chi connectivity index (χ4n) is 2.58. The molecule has 0 spiro atoms. The maximum atomic E-state index is 12.6. The minimum absolute atomic E-state index is 0.167. The van der Waals surface area contributed by atoms with Crippen LogP contribution in [0.1, 0.15) is 22.2 Å². The molecule has 0 aliphatic heterocycles. The average Bonchev–Trinajstić information content (AvgIpc) is 3.23. The molecule has 2 N–H and O–H groups in total. The molecule has 1 aromatic heterocycles. The van der Waals surface area contributed by atoms with E-state index in [9.17, 15) is 14.4 Å². The molecule has 2 aromatic carbocycles. The van der Waals surface area contributed by atoms with Gasteiger partial charge in [0.05, 0.1) is 24.4 Å². The number of para-hydroxylation sites is 2. The highest BCUT2D eigenvalue weighted by atomic mass is 32.1. The summed E-state index contributed by atoms with van der Waals surface area (Å²) >= 11 is 1.51. The van der Waals surface area contributed by atoms with Crippen LogP contribution in [0, 0.1) is 0 Å². The molecule has 0 radical (unpaired) electrons. The fourth-order valence-corrected chi connectivity index (χ4v) is 3.28. The van der Waals surface area contributed by atoms with E-state index in [1.165, 1.54) is 35.6 Å². The van der Waals surface area contributed by atoms with Crippen molar-refractivity contribution in [1.82, 2.24) is 0 Å². The number of carbonyl (C=O) groups is 3. The van der Waals surface area contributed by atoms with Crippen molar-refractivity contribution in [2.24, 2.45) is 0 Å². The van der Waals surface area contributed by atoms with E-state index >= 15 is 0 Å². The highest BCUT2D eigenvalue weighted by Gasteiger charge is 2.12. The standard InChI is InChI=1S/C22H20N2O5S/c1-2-28-22(27)29-16-11-9-15(10-12-16)21(26)24-19-8-4-3-7-18(19)23-20(25)14-17-6-5-13-30-17/h3-13H,2,14H2,1H3,(H,23,25)(H,24,26). The third kappa shape index (κ3) is 5.92. The number of hydrogen-bond acceptors (Lipinski definition) is 6. The Morgan fingerprint density at radius 2 is 1.60 bits per heavy atom. The van der Waals surface area contributed by atoms with Gasteiger partial charge in [0.15, 0.2) is 0 Å². The van der Waals surface area contributed by atoms with Gasteiger partial charge in [0.25, 0.3) is 5.91 Å². The summed E-state index contributed by atoms with van der Waals surface area (Å²) < 4.78 is 9.68. The Hall–Kier alpha value is -3.65. The van der Waals surface area contributed by atoms with Gasteiger partial charge in [0.1, 0.15) is 5.75 Å². The van der Waals surface area contributed by atoms with Crippen molar-refractivity contribution in [3.05, 3.63) is 76.5 Å². The zero-order chi connectivity index (χ0) is 21.3. The molecule has 0 aliphatic rings. The number of hydrogen-bond donors (Lipinski definition) is 2. The van der Waals surface area contributed by atoms with E-state index in [0.29, 0.717) is 16.9 Å². The lowest BCUT2D eigenvalue weighted by molar-refractivity contribution is -0.115. The smallest absolute Gasteiger partial charge is 0.434 e. The molecule has 3 rings (SSSR count). The minimum atomic E-state index is -0.804. The van der Waals surface area contributed by atoms with Crippen molar-refractivity contribution in [1.29, 1.82) is 0 Å². The lowest BCUT2D eigenvalue weighted by Gasteiger charge is -2.12. The Kier molecular flexibility index (Phi) is 7.18. The predicted octanol–water partition coefficient (Wildman–Crippen LogP) is 4.72. The number of nitrogens with one attached hydrogen (secondary N) is 2. The Labute approximate surface area is 177 Å². The molecule has 2 amide bonds. The van der Waals surface area contributed by atoms with Gasteiger partial charge in [0, 0.05) is 10.4 Å². The summed E-state index contributed by atoms with van der Waals surface area (Å²) in [6.45, 7) is 1.89. The Balaban J connectivity index is 1.64. The van der Waals surface area contributed by atoms with Crippen LogP contribution in [-0.4, -0.2) is 24.6 Å². The number of rotatable bonds is 7. The quantitative estimate of drug-likeness (QED) is 0.423. The van der Waals surface area contributed by atoms with Crippen LogP contribution in [0.3, 0.4) is 0 Å². The van der Waals surface area contributed by atoms with Crippen LogP contribution in [0.2, 0.25) is 0 Å². The summed E-state index contributed by atoms with van der Waals surface area (Å²) in [5, 5.41) is 7.53. The Bertz CT molecular complexity index is 1020. The van der Waals surface area contributed by atoms with Gasteiger partial charge in [-0.25, -0.2) is 4.79 Å². The molecule has 0 saturated heterocycles. The zero-order valence-electron chi connectivity index (χ0n) is 16.2. The van der Waals surface area contributed by atoms with Crippen LogP contribution in [0.5, 0.6) is 5.75 Å². The number of benzene rings is 2. The van der Waals surface area contributed by atoms with Gasteiger partial charge in [-0.05, 0) is 54.8 Å². The first-order valence-corrected chi connectivity index (χ1v) is 10.1. The molecule has 1 heterocycles. The number of thiophene rings is 1. The van der Waals surface area contributed by atoms with Crippen molar-refractivity contribution in [2.75, 3.05) is 17.2 Å². The molecule has 0 aliphatic carbocycles. The van der Waals surface area contributed by atoms with E-state index < -0.39 is 6.16 Å². The summed E-state index contributed by atoms with van der Waals surface area (Å²) in [4.78, 5) is 37.2. The molecule has 0 atom stereocenters. The van der Waals surface area contributed by atoms with E-state index in [0.717, 1.165) is 4.88 Å². The second-order valence-corrected chi connectivity index (χ2v) is 7.15. The average molecular weight is 424 g/mol. The summed E-state index contributed by atoms with van der Waals surface area (Å²) in [6, 6.07) is 16.8. The normalized spacial score (nSPS) is 10.2. The second kappa shape index (κ2) is 10.2. The molecule has 154 valence electrons. The largest absolute Gasteiger partial charge is 0.513 e. The van der Waals surface area contributed by atoms with Crippen LogP contribution in [0.4, 0.5) is 16.2 Å². The van der Waals surface area contributed by atoms with E-state index in [-0.39, 0.29) is 30.6 Å². The monoisotopic (exact) mass is 424 g/mol. The van der Waals surface area contributed by atoms with E-state index in [4.69, 9.17) is 9.47 Å². The second-order valence-electron chi connectivity index (χ2n) is 6.11. The molecule has 0 saturated carbocycles. The molecule has 0 unspecified atom stereocenters. The molecular formula is C22H20N2O5S. The number of amides is 2. The van der Waals surface area contributed by atoms with E-state index in [1.807, 2.05) is 17.5 Å². The topological polar surface area (TPSA) is 93.7 Å². The SMILES string of the molecule is CCOC(=O)Oc1ccc(C(=O)Nc2ccccc2NC(=O)Cc2cccs2)cc1. The zero-order valence-corrected chi connectivity index (χ0v) is 17.0. The summed E-state index contributed by atoms with van der Waals surface area (Å²) in [7, 11) is 0. The molecule has 30 heavy (non-hydrogen) atoms. The van der Waals surface area contributed by atoms with Crippen molar-refractivity contribution in [3.8, 4) is 5.75 Å². The molecule has 0 fully saturated rings. The number of ether oxygens (including phenoxy) is 2. The highest BCUT2D eigenvalue weighted by molar-refractivity contribution is 7.10. The van der Waals surface area contributed by atoms with Gasteiger partial charge >= 0.3 is 6.16 Å². The van der Waals surface area contributed by atoms with Crippen molar-refractivity contribution >= 4 is 40.7 Å². The number of carbonyl (C=O) groups excluding carboxylic acids is 3. The predicted molar refractivity (Wildman–Crippen MR) is 115 cm³/mol. The van der Waals surface area contributed by atoms with Gasteiger partial charge in [-0.2, -0.15) is 0 Å². The van der Waals surface area contributed by atoms with Gasteiger partial charge < -0.3 is 20.1 Å². The molecule has 7 nitrogen and oxygen atoms in total. The van der Waals surface area contributed by atoms with Crippen LogP contribution in [0.15, 0.2) is 66.0 Å². The molecule has 0 bridgehead atoms. The summed E-state index contributed by atoms with van der Waals surface area (Å²) in [6.07, 6.45) is -0.538. The van der Waals surface area contributed by atoms with Crippen LogP contribution < -0.4 is 15.4 Å². The maximum absolute atomic E-state index is 12.6. The Morgan fingerprint density at radius 1 is 0.900 bits per heavy atom. The molecule has 3 aromatic rings. The third-order valence-electron chi connectivity index (χ3n) is 3.94. The Morgan fingerprint density at radius 3 is 2.23 bits per heavy atom. The van der Waals surface area contributed by atoms with Crippen molar-refractivity contribution in [2.45, 2.75) is 13.3 Å². The summed E-state index contributed by atoms with van der Waals surface area (Å²) in [5.74, 6) is -0.261. The molecule has 8 heteroatoms. The first kappa shape index (κ1) is 21.1. The summed E-state index contributed by atoms with van der Waals surface area (Å²) in [5.41, 5.74) is 1.36. The third-order valence-corrected chi connectivity index (χ3v) is 4.82. The number of anilines is 2. The lowest BCUT2D eigenvalue weighted by Crippen LogP contribution is -2.17. The maximum Gasteiger partial charge on any atom is 0.513 e. The van der Waals surface area contributed by atoms with E-state index in [1.54, 1.807) is 31.2 Å². The van der Waals surface area contributed by atoms with Gasteiger partial charge in [-0.3, -0.25) is 9.59 Å². The first-order valence-electron chi connectivity index (χ1n) is 9.22. The van der Waals surface area contributed by atoms with Crippen molar-refractivity contribution in [3.63, 3.8) is 0 Å². The first-order chi connectivity index (χ1) is 14.5. The van der Waals surface area contributed by atoms with Crippen molar-refractivity contribution < 1.29 is 23.9 Å². The fraction of sp³-hybridized carbons (Fsp3) is 0.136. The highest BCUT2D eigenvalue weighted by Crippen LogP contribution is 2.23. The van der Waals surface area contributed by atoms with Crippen LogP contribution >= 0.6 is 11.3 Å². The van der Waals surface area contributed by atoms with Crippen LogP contribution in [-0.2, 0) is 16.0 Å². The van der Waals surface area contributed by atoms with E-state index in [2.05, 4.69) is 10.6 Å². The van der Waals surface area contributed by atoms with Gasteiger partial charge in [-0.15, -0.1) is 11.3 Å². The molecular weight excluding hydrogens is 404 g/mol.